The van der Waals surface area contributed by atoms with Crippen molar-refractivity contribution in [3.63, 3.8) is 0 Å². The normalized spacial score (nSPS) is 20.3. The Labute approximate surface area is 222 Å². The van der Waals surface area contributed by atoms with E-state index in [1.54, 1.807) is 64.3 Å². The summed E-state index contributed by atoms with van der Waals surface area (Å²) in [5, 5.41) is 2.87. The predicted molar refractivity (Wildman–Crippen MR) is 141 cm³/mol. The largest absolute Gasteiger partial charge is 0.444 e. The van der Waals surface area contributed by atoms with Crippen LogP contribution in [0.25, 0.3) is 5.65 Å². The van der Waals surface area contributed by atoms with Crippen molar-refractivity contribution < 1.29 is 22.7 Å². The van der Waals surface area contributed by atoms with E-state index in [0.29, 0.717) is 25.1 Å². The molecule has 202 valence electrons. The Morgan fingerprint density at radius 3 is 2.58 bits per heavy atom. The third kappa shape index (κ3) is 5.12. The molecule has 2 aromatic heterocycles. The first kappa shape index (κ1) is 26.2. The van der Waals surface area contributed by atoms with Gasteiger partial charge in [-0.3, -0.25) is 4.79 Å². The minimum atomic E-state index is -3.73. The van der Waals surface area contributed by atoms with Crippen LogP contribution in [0, 0.1) is 0 Å². The molecule has 5 rings (SSSR count). The zero-order chi connectivity index (χ0) is 27.1. The van der Waals surface area contributed by atoms with Gasteiger partial charge in [0.05, 0.1) is 16.0 Å². The number of imidazole rings is 1. The number of rotatable bonds is 5. The third-order valence-corrected chi connectivity index (χ3v) is 9.03. The van der Waals surface area contributed by atoms with E-state index in [0.717, 1.165) is 24.1 Å². The first-order valence-corrected chi connectivity index (χ1v) is 14.2. The molecule has 2 saturated heterocycles. The molecule has 0 aliphatic carbocycles. The fourth-order valence-electron chi connectivity index (χ4n) is 5.26. The van der Waals surface area contributed by atoms with Gasteiger partial charge in [-0.2, -0.15) is 4.31 Å². The van der Waals surface area contributed by atoms with E-state index in [1.807, 2.05) is 20.8 Å². The second-order valence-electron chi connectivity index (χ2n) is 11.0. The molecule has 38 heavy (non-hydrogen) atoms. The lowest BCUT2D eigenvalue weighted by Crippen LogP contribution is -2.51. The number of carbonyl (C=O) groups excluding carboxylic acids is 2. The van der Waals surface area contributed by atoms with Gasteiger partial charge in [0.1, 0.15) is 11.2 Å². The summed E-state index contributed by atoms with van der Waals surface area (Å²) in [5.41, 5.74) is 0.905. The molecule has 1 spiro atoms. The van der Waals surface area contributed by atoms with Crippen LogP contribution in [0.2, 0.25) is 0 Å². The molecule has 2 amide bonds. The standard InChI is InChI=1S/C27H33N5O5S/c1-26(2,3)37-25(34)32-14-4-11-27(32)12-15-31(19-27)38(35,36)22-8-5-20(6-9-22)17-29-24(33)21-7-10-23-28-13-16-30(23)18-21/h5-10,13,16,18H,4,11-12,14-15,17,19H2,1-3H3,(H,29,33). The average Bonchev–Trinajstić information content (AvgIpc) is 3.62. The summed E-state index contributed by atoms with van der Waals surface area (Å²) < 4.78 is 35.7. The van der Waals surface area contributed by atoms with Crippen molar-refractivity contribution in [3.8, 4) is 0 Å². The number of pyridine rings is 1. The molecule has 4 heterocycles. The summed E-state index contributed by atoms with van der Waals surface area (Å²) in [6.07, 6.45) is 6.93. The van der Waals surface area contributed by atoms with Crippen molar-refractivity contribution in [2.24, 2.45) is 0 Å². The number of nitrogens with zero attached hydrogens (tertiary/aromatic N) is 4. The molecule has 2 aliphatic rings. The first-order chi connectivity index (χ1) is 18.0. The van der Waals surface area contributed by atoms with Crippen LogP contribution in [-0.4, -0.2) is 69.8 Å². The fourth-order valence-corrected chi connectivity index (χ4v) is 6.78. The summed E-state index contributed by atoms with van der Waals surface area (Å²) >= 11 is 0. The molecule has 0 radical (unpaired) electrons. The Balaban J connectivity index is 1.22. The molecule has 2 aliphatic heterocycles. The maximum atomic E-state index is 13.4. The molecule has 11 heteroatoms. The lowest BCUT2D eigenvalue weighted by atomic mass is 9.95. The third-order valence-electron chi connectivity index (χ3n) is 7.17. The highest BCUT2D eigenvalue weighted by Gasteiger charge is 2.51. The lowest BCUT2D eigenvalue weighted by Gasteiger charge is -2.36. The number of aromatic nitrogens is 2. The summed E-state index contributed by atoms with van der Waals surface area (Å²) in [6, 6.07) is 10.0. The quantitative estimate of drug-likeness (QED) is 0.532. The van der Waals surface area contributed by atoms with Crippen molar-refractivity contribution in [2.75, 3.05) is 19.6 Å². The second-order valence-corrected chi connectivity index (χ2v) is 12.9. The van der Waals surface area contributed by atoms with Gasteiger partial charge < -0.3 is 19.4 Å². The first-order valence-electron chi connectivity index (χ1n) is 12.8. The van der Waals surface area contributed by atoms with Gasteiger partial charge in [-0.1, -0.05) is 12.1 Å². The maximum absolute atomic E-state index is 13.4. The zero-order valence-corrected chi connectivity index (χ0v) is 22.7. The highest BCUT2D eigenvalue weighted by molar-refractivity contribution is 7.89. The molecule has 0 bridgehead atoms. The van der Waals surface area contributed by atoms with E-state index in [-0.39, 0.29) is 30.0 Å². The number of amides is 2. The molecule has 3 aromatic rings. The van der Waals surface area contributed by atoms with E-state index >= 15 is 0 Å². The Hall–Kier alpha value is -3.44. The number of likely N-dealkylation sites (tertiary alicyclic amines) is 1. The van der Waals surface area contributed by atoms with Gasteiger partial charge in [0.25, 0.3) is 5.91 Å². The molecule has 10 nitrogen and oxygen atoms in total. The van der Waals surface area contributed by atoms with Crippen molar-refractivity contribution >= 4 is 27.7 Å². The molecular formula is C27H33N5O5S. The highest BCUT2D eigenvalue weighted by Crippen LogP contribution is 2.40. The fraction of sp³-hybridized carbons (Fsp3) is 0.444. The van der Waals surface area contributed by atoms with Crippen LogP contribution < -0.4 is 5.32 Å². The van der Waals surface area contributed by atoms with Crippen LogP contribution in [0.1, 0.15) is 56.0 Å². The van der Waals surface area contributed by atoms with Gasteiger partial charge in [-0.05, 0) is 69.9 Å². The molecule has 1 N–H and O–H groups in total. The SMILES string of the molecule is CC(C)(C)OC(=O)N1CCCC12CCN(S(=O)(=O)c1ccc(CNC(=O)c3ccc4nccn4c3)cc1)C2. The Morgan fingerprint density at radius 2 is 1.84 bits per heavy atom. The van der Waals surface area contributed by atoms with Crippen LogP contribution >= 0.6 is 0 Å². The Bertz CT molecular complexity index is 1460. The van der Waals surface area contributed by atoms with Gasteiger partial charge >= 0.3 is 6.09 Å². The van der Waals surface area contributed by atoms with E-state index in [9.17, 15) is 18.0 Å². The molecule has 2 fully saturated rings. The smallest absolute Gasteiger partial charge is 0.410 e. The highest BCUT2D eigenvalue weighted by atomic mass is 32.2. The van der Waals surface area contributed by atoms with Gasteiger partial charge in [0.2, 0.25) is 10.0 Å². The molecular weight excluding hydrogens is 506 g/mol. The van der Waals surface area contributed by atoms with Crippen molar-refractivity contribution in [3.05, 3.63) is 66.1 Å². The maximum Gasteiger partial charge on any atom is 0.410 e. The zero-order valence-electron chi connectivity index (χ0n) is 21.9. The Morgan fingerprint density at radius 1 is 1.08 bits per heavy atom. The summed E-state index contributed by atoms with van der Waals surface area (Å²) in [7, 11) is -3.73. The minimum Gasteiger partial charge on any atom is -0.444 e. The summed E-state index contributed by atoms with van der Waals surface area (Å²) in [6.45, 7) is 6.92. The van der Waals surface area contributed by atoms with Gasteiger partial charge in [-0.15, -0.1) is 0 Å². The van der Waals surface area contributed by atoms with Crippen LogP contribution in [0.15, 0.2) is 59.9 Å². The second kappa shape index (κ2) is 9.70. The minimum absolute atomic E-state index is 0.192. The molecule has 1 atom stereocenters. The molecule has 1 aromatic carbocycles. The number of nitrogens with one attached hydrogen (secondary N) is 1. The lowest BCUT2D eigenvalue weighted by molar-refractivity contribution is 0.0101. The number of carbonyl (C=O) groups is 2. The predicted octanol–water partition coefficient (Wildman–Crippen LogP) is 3.43. The van der Waals surface area contributed by atoms with Crippen LogP contribution in [0.3, 0.4) is 0 Å². The van der Waals surface area contributed by atoms with Crippen LogP contribution in [0.5, 0.6) is 0 Å². The van der Waals surface area contributed by atoms with Gasteiger partial charge in [-0.25, -0.2) is 18.2 Å². The average molecular weight is 540 g/mol. The Kier molecular flexibility index (Phi) is 6.68. The van der Waals surface area contributed by atoms with Crippen LogP contribution in [-0.2, 0) is 21.3 Å². The number of fused-ring (bicyclic) bond motifs is 1. The van der Waals surface area contributed by atoms with Gasteiger partial charge in [0, 0.05) is 44.8 Å². The van der Waals surface area contributed by atoms with Gasteiger partial charge in [0.15, 0.2) is 0 Å². The van der Waals surface area contributed by atoms with E-state index < -0.39 is 21.2 Å². The number of hydrogen-bond acceptors (Lipinski definition) is 6. The van der Waals surface area contributed by atoms with E-state index in [2.05, 4.69) is 10.3 Å². The van der Waals surface area contributed by atoms with E-state index in [1.165, 1.54) is 4.31 Å². The van der Waals surface area contributed by atoms with E-state index in [4.69, 9.17) is 4.74 Å². The van der Waals surface area contributed by atoms with Crippen molar-refractivity contribution in [1.82, 2.24) is 23.9 Å². The monoisotopic (exact) mass is 539 g/mol. The van der Waals surface area contributed by atoms with Crippen molar-refractivity contribution in [1.29, 1.82) is 0 Å². The van der Waals surface area contributed by atoms with Crippen molar-refractivity contribution in [2.45, 2.75) is 62.6 Å². The number of benzene rings is 1. The number of ether oxygens (including phenoxy) is 1. The number of sulfonamides is 1. The summed E-state index contributed by atoms with van der Waals surface area (Å²) in [4.78, 5) is 31.5. The summed E-state index contributed by atoms with van der Waals surface area (Å²) in [5.74, 6) is -0.231. The van der Waals surface area contributed by atoms with Crippen LogP contribution in [0.4, 0.5) is 4.79 Å². The molecule has 0 saturated carbocycles. The molecule has 1 unspecified atom stereocenters. The topological polar surface area (TPSA) is 113 Å². The number of hydrogen-bond donors (Lipinski definition) is 1.